The van der Waals surface area contributed by atoms with Crippen molar-refractivity contribution in [3.63, 3.8) is 0 Å². The quantitative estimate of drug-likeness (QED) is 0.848. The molecule has 0 spiro atoms. The van der Waals surface area contributed by atoms with Crippen molar-refractivity contribution in [1.29, 1.82) is 0 Å². The van der Waals surface area contributed by atoms with Crippen molar-refractivity contribution in [2.45, 2.75) is 6.42 Å². The summed E-state index contributed by atoms with van der Waals surface area (Å²) in [7, 11) is 1.46. The van der Waals surface area contributed by atoms with Crippen molar-refractivity contribution >= 4 is 11.9 Å². The lowest BCUT2D eigenvalue weighted by Gasteiger charge is -2.08. The van der Waals surface area contributed by atoms with Gasteiger partial charge < -0.3 is 15.2 Å². The highest BCUT2D eigenvalue weighted by atomic mass is 16.5. The molecule has 1 aromatic carbocycles. The van der Waals surface area contributed by atoms with Crippen LogP contribution in [0.5, 0.6) is 5.88 Å². The van der Waals surface area contributed by atoms with E-state index in [1.165, 1.54) is 7.11 Å². The van der Waals surface area contributed by atoms with Gasteiger partial charge in [-0.25, -0.2) is 9.78 Å². The minimum atomic E-state index is -0.955. The highest BCUT2D eigenvalue weighted by Crippen LogP contribution is 2.13. The van der Waals surface area contributed by atoms with Crippen LogP contribution in [0.15, 0.2) is 42.6 Å². The van der Waals surface area contributed by atoms with Crippen molar-refractivity contribution < 1.29 is 19.4 Å². The Morgan fingerprint density at radius 2 is 1.95 bits per heavy atom. The molecule has 0 atom stereocenters. The van der Waals surface area contributed by atoms with Crippen molar-refractivity contribution in [3.05, 3.63) is 59.3 Å². The van der Waals surface area contributed by atoms with Gasteiger partial charge in [-0.2, -0.15) is 0 Å². The van der Waals surface area contributed by atoms with Crippen molar-refractivity contribution in [3.8, 4) is 5.88 Å². The summed E-state index contributed by atoms with van der Waals surface area (Å²) in [5.41, 5.74) is 1.57. The molecule has 6 nitrogen and oxygen atoms in total. The first-order valence-electron chi connectivity index (χ1n) is 6.71. The van der Waals surface area contributed by atoms with Crippen LogP contribution in [0, 0.1) is 0 Å². The Morgan fingerprint density at radius 1 is 1.23 bits per heavy atom. The van der Waals surface area contributed by atoms with E-state index in [9.17, 15) is 9.59 Å². The van der Waals surface area contributed by atoms with E-state index >= 15 is 0 Å². The Balaban J connectivity index is 1.90. The molecule has 2 aromatic rings. The lowest BCUT2D eigenvalue weighted by molar-refractivity contribution is 0.0696. The second kappa shape index (κ2) is 7.21. The predicted octanol–water partition coefficient (Wildman–Crippen LogP) is 1.76. The standard InChI is InChI=1S/C16H16N2O4/c1-22-15-13(3-2-9-18-15)14(19)17-10-8-11-4-6-12(7-5-11)16(20)21/h2-7,9H,8,10H2,1H3,(H,17,19)(H,20,21). The smallest absolute Gasteiger partial charge is 0.335 e. The normalized spacial score (nSPS) is 10.0. The lowest BCUT2D eigenvalue weighted by Crippen LogP contribution is -2.26. The van der Waals surface area contributed by atoms with Gasteiger partial charge in [-0.05, 0) is 36.2 Å². The van der Waals surface area contributed by atoms with E-state index in [1.54, 1.807) is 42.6 Å². The second-order valence-corrected chi connectivity index (χ2v) is 4.57. The van der Waals surface area contributed by atoms with Gasteiger partial charge in [-0.15, -0.1) is 0 Å². The molecule has 1 heterocycles. The third-order valence-electron chi connectivity index (χ3n) is 3.11. The van der Waals surface area contributed by atoms with Crippen LogP contribution in [0.1, 0.15) is 26.3 Å². The van der Waals surface area contributed by atoms with Gasteiger partial charge in [0, 0.05) is 12.7 Å². The first kappa shape index (κ1) is 15.5. The number of carbonyl (C=O) groups is 2. The molecule has 0 saturated carbocycles. The van der Waals surface area contributed by atoms with E-state index in [1.807, 2.05) is 0 Å². The van der Waals surface area contributed by atoms with Crippen LogP contribution < -0.4 is 10.1 Å². The number of aromatic carboxylic acids is 1. The van der Waals surface area contributed by atoms with E-state index in [0.717, 1.165) is 5.56 Å². The molecule has 0 bridgehead atoms. The average Bonchev–Trinajstić information content (AvgIpc) is 2.55. The summed E-state index contributed by atoms with van der Waals surface area (Å²) in [6.45, 7) is 0.434. The molecule has 1 amide bonds. The number of nitrogens with one attached hydrogen (secondary N) is 1. The number of carboxylic acids is 1. The molecule has 0 aliphatic rings. The largest absolute Gasteiger partial charge is 0.480 e. The molecule has 1 aromatic heterocycles. The number of ether oxygens (including phenoxy) is 1. The molecular weight excluding hydrogens is 284 g/mol. The molecule has 0 fully saturated rings. The maximum atomic E-state index is 12.0. The van der Waals surface area contributed by atoms with Gasteiger partial charge >= 0.3 is 5.97 Å². The van der Waals surface area contributed by atoms with E-state index in [4.69, 9.17) is 9.84 Å². The number of nitrogens with zero attached hydrogens (tertiary/aromatic N) is 1. The highest BCUT2D eigenvalue weighted by Gasteiger charge is 2.12. The van der Waals surface area contributed by atoms with Gasteiger partial charge in [0.2, 0.25) is 5.88 Å². The van der Waals surface area contributed by atoms with Crippen LogP contribution >= 0.6 is 0 Å². The minimum absolute atomic E-state index is 0.243. The van der Waals surface area contributed by atoms with Gasteiger partial charge in [-0.3, -0.25) is 4.79 Å². The molecule has 0 aliphatic heterocycles. The summed E-state index contributed by atoms with van der Waals surface area (Å²) in [6.07, 6.45) is 2.16. The number of carboxylic acid groups (broad SMARTS) is 1. The highest BCUT2D eigenvalue weighted by molar-refractivity contribution is 5.96. The van der Waals surface area contributed by atoms with E-state index in [0.29, 0.717) is 18.5 Å². The zero-order valence-electron chi connectivity index (χ0n) is 12.1. The van der Waals surface area contributed by atoms with Gasteiger partial charge in [0.1, 0.15) is 5.56 Å². The summed E-state index contributed by atoms with van der Waals surface area (Å²) in [5, 5.41) is 11.6. The molecular formula is C16H16N2O4. The number of hydrogen-bond donors (Lipinski definition) is 2. The number of aromatic nitrogens is 1. The second-order valence-electron chi connectivity index (χ2n) is 4.57. The summed E-state index contributed by atoms with van der Waals surface area (Å²) >= 11 is 0. The Hall–Kier alpha value is -2.89. The molecule has 0 aliphatic carbocycles. The van der Waals surface area contributed by atoms with E-state index in [-0.39, 0.29) is 17.4 Å². The van der Waals surface area contributed by atoms with Gasteiger partial charge in [0.25, 0.3) is 5.91 Å². The maximum absolute atomic E-state index is 12.0. The van der Waals surface area contributed by atoms with E-state index < -0.39 is 5.97 Å². The fraction of sp³-hybridized carbons (Fsp3) is 0.188. The molecule has 22 heavy (non-hydrogen) atoms. The van der Waals surface area contributed by atoms with Crippen LogP contribution in [0.4, 0.5) is 0 Å². The number of amides is 1. The SMILES string of the molecule is COc1ncccc1C(=O)NCCc1ccc(C(=O)O)cc1. The monoisotopic (exact) mass is 300 g/mol. The maximum Gasteiger partial charge on any atom is 0.335 e. The molecule has 0 radical (unpaired) electrons. The summed E-state index contributed by atoms with van der Waals surface area (Å²) < 4.78 is 5.04. The number of hydrogen-bond acceptors (Lipinski definition) is 4. The molecule has 0 unspecified atom stereocenters. The van der Waals surface area contributed by atoms with Crippen LogP contribution in [-0.4, -0.2) is 35.6 Å². The van der Waals surface area contributed by atoms with Gasteiger partial charge in [0.05, 0.1) is 12.7 Å². The molecule has 0 saturated heterocycles. The molecule has 114 valence electrons. The summed E-state index contributed by atoms with van der Waals surface area (Å²) in [5.74, 6) is -0.929. The zero-order valence-corrected chi connectivity index (χ0v) is 12.1. The third-order valence-corrected chi connectivity index (χ3v) is 3.11. The Bertz CT molecular complexity index is 668. The number of pyridine rings is 1. The van der Waals surface area contributed by atoms with Crippen molar-refractivity contribution in [2.24, 2.45) is 0 Å². The first-order chi connectivity index (χ1) is 10.6. The van der Waals surface area contributed by atoms with Crippen molar-refractivity contribution in [2.75, 3.05) is 13.7 Å². The third kappa shape index (κ3) is 3.82. The molecule has 6 heteroatoms. The van der Waals surface area contributed by atoms with Crippen molar-refractivity contribution in [1.82, 2.24) is 10.3 Å². The Kier molecular flexibility index (Phi) is 5.08. The number of methoxy groups -OCH3 is 1. The summed E-state index contributed by atoms with van der Waals surface area (Å²) in [4.78, 5) is 26.8. The summed E-state index contributed by atoms with van der Waals surface area (Å²) in [6, 6.07) is 9.87. The van der Waals surface area contributed by atoms with Gasteiger partial charge in [0.15, 0.2) is 0 Å². The lowest BCUT2D eigenvalue weighted by atomic mass is 10.1. The zero-order chi connectivity index (χ0) is 15.9. The van der Waals surface area contributed by atoms with Gasteiger partial charge in [-0.1, -0.05) is 12.1 Å². The number of rotatable bonds is 6. The minimum Gasteiger partial charge on any atom is -0.480 e. The van der Waals surface area contributed by atoms with Crippen LogP contribution in [-0.2, 0) is 6.42 Å². The molecule has 2 rings (SSSR count). The Labute approximate surface area is 127 Å². The molecule has 2 N–H and O–H groups in total. The average molecular weight is 300 g/mol. The number of benzene rings is 1. The predicted molar refractivity (Wildman–Crippen MR) is 80.2 cm³/mol. The fourth-order valence-electron chi connectivity index (χ4n) is 1.96. The van der Waals surface area contributed by atoms with E-state index in [2.05, 4.69) is 10.3 Å². The topological polar surface area (TPSA) is 88.5 Å². The Morgan fingerprint density at radius 3 is 2.59 bits per heavy atom. The fourth-order valence-corrected chi connectivity index (χ4v) is 1.96. The number of carbonyl (C=O) groups excluding carboxylic acids is 1. The van der Waals surface area contributed by atoms with Crippen LogP contribution in [0.2, 0.25) is 0 Å². The first-order valence-corrected chi connectivity index (χ1v) is 6.71. The van der Waals surface area contributed by atoms with Crippen LogP contribution in [0.25, 0.3) is 0 Å². The van der Waals surface area contributed by atoms with Crippen LogP contribution in [0.3, 0.4) is 0 Å².